The molecule has 1 saturated carbocycles. The van der Waals surface area contributed by atoms with Crippen LogP contribution < -0.4 is 0 Å². The van der Waals surface area contributed by atoms with Crippen LogP contribution in [0.3, 0.4) is 0 Å². The second-order valence-electron chi connectivity index (χ2n) is 8.01. The Hall–Kier alpha value is -1.06. The molecule has 2 unspecified atom stereocenters. The minimum Gasteiger partial charge on any atom is -0.465 e. The van der Waals surface area contributed by atoms with Crippen molar-refractivity contribution in [1.29, 1.82) is 0 Å². The molecule has 0 amide bonds. The number of rotatable bonds is 15. The number of esters is 2. The van der Waals surface area contributed by atoms with Crippen molar-refractivity contribution in [3.8, 4) is 0 Å². The van der Waals surface area contributed by atoms with Crippen molar-refractivity contribution in [2.45, 2.75) is 110 Å². The smallest absolute Gasteiger partial charge is 0.309 e. The van der Waals surface area contributed by atoms with Crippen LogP contribution in [0, 0.1) is 11.8 Å². The molecule has 4 heteroatoms. The minimum absolute atomic E-state index is 0.188. The van der Waals surface area contributed by atoms with Crippen LogP contribution in [-0.2, 0) is 19.1 Å². The van der Waals surface area contributed by atoms with Crippen molar-refractivity contribution < 1.29 is 19.1 Å². The van der Waals surface area contributed by atoms with Crippen molar-refractivity contribution in [2.24, 2.45) is 11.8 Å². The predicted octanol–water partition coefficient (Wildman–Crippen LogP) is 6.21. The molecule has 0 saturated heterocycles. The Kier molecular flexibility index (Phi) is 14.2. The molecule has 0 aromatic carbocycles. The fraction of sp³-hybridized carbons (Fsp3) is 0.913. The molecule has 1 aliphatic rings. The molecule has 0 radical (unpaired) electrons. The summed E-state index contributed by atoms with van der Waals surface area (Å²) in [6.07, 6.45) is 16.6. The van der Waals surface area contributed by atoms with Crippen molar-refractivity contribution in [1.82, 2.24) is 0 Å². The van der Waals surface area contributed by atoms with Crippen LogP contribution in [0.1, 0.15) is 110 Å². The second kappa shape index (κ2) is 15.9. The van der Waals surface area contributed by atoms with Gasteiger partial charge < -0.3 is 9.47 Å². The van der Waals surface area contributed by atoms with E-state index in [1.165, 1.54) is 44.9 Å². The molecule has 0 N–H and O–H groups in total. The van der Waals surface area contributed by atoms with E-state index in [9.17, 15) is 9.59 Å². The zero-order valence-electron chi connectivity index (χ0n) is 17.8. The zero-order valence-corrected chi connectivity index (χ0v) is 17.8. The summed E-state index contributed by atoms with van der Waals surface area (Å²) >= 11 is 0. The molecule has 158 valence electrons. The van der Waals surface area contributed by atoms with Crippen LogP contribution in [-0.4, -0.2) is 25.2 Å². The fourth-order valence-corrected chi connectivity index (χ4v) is 3.81. The molecule has 0 bridgehead atoms. The molecule has 0 aromatic heterocycles. The van der Waals surface area contributed by atoms with E-state index >= 15 is 0 Å². The molecule has 27 heavy (non-hydrogen) atoms. The quantitative estimate of drug-likeness (QED) is 0.249. The summed E-state index contributed by atoms with van der Waals surface area (Å²) in [5, 5.41) is 0. The lowest BCUT2D eigenvalue weighted by Gasteiger charge is -2.28. The third kappa shape index (κ3) is 10.8. The van der Waals surface area contributed by atoms with Gasteiger partial charge in [-0.1, -0.05) is 84.5 Å². The van der Waals surface area contributed by atoms with Gasteiger partial charge in [0.15, 0.2) is 0 Å². The lowest BCUT2D eigenvalue weighted by Crippen LogP contribution is -2.35. The first kappa shape index (κ1) is 24.0. The van der Waals surface area contributed by atoms with E-state index in [4.69, 9.17) is 9.47 Å². The number of carbonyl (C=O) groups is 2. The van der Waals surface area contributed by atoms with Gasteiger partial charge in [0.1, 0.15) is 0 Å². The Labute approximate surface area is 166 Å². The van der Waals surface area contributed by atoms with Crippen molar-refractivity contribution in [2.75, 3.05) is 13.2 Å². The third-order valence-corrected chi connectivity index (χ3v) is 5.61. The lowest BCUT2D eigenvalue weighted by molar-refractivity contribution is -0.163. The molecule has 0 aromatic rings. The average Bonchev–Trinajstić information content (AvgIpc) is 2.69. The van der Waals surface area contributed by atoms with Crippen LogP contribution in [0.15, 0.2) is 0 Å². The highest BCUT2D eigenvalue weighted by Crippen LogP contribution is 2.32. The van der Waals surface area contributed by atoms with E-state index in [0.717, 1.165) is 51.4 Å². The van der Waals surface area contributed by atoms with E-state index in [-0.39, 0.29) is 23.8 Å². The summed E-state index contributed by atoms with van der Waals surface area (Å²) in [7, 11) is 0. The Bertz CT molecular complexity index is 394. The van der Waals surface area contributed by atoms with Crippen LogP contribution in [0.2, 0.25) is 0 Å². The van der Waals surface area contributed by atoms with Gasteiger partial charge in [-0.25, -0.2) is 0 Å². The molecule has 1 aliphatic carbocycles. The SMILES string of the molecule is CCCCCCCCCCCOC(=O)C1CCCCC1C(=O)OCCCC. The van der Waals surface area contributed by atoms with Crippen LogP contribution >= 0.6 is 0 Å². The maximum Gasteiger partial charge on any atom is 0.309 e. The first-order chi connectivity index (χ1) is 13.2. The van der Waals surface area contributed by atoms with E-state index < -0.39 is 0 Å². The molecular formula is C23H42O4. The standard InChI is InChI=1S/C23H42O4/c1-3-5-7-8-9-10-11-12-15-19-27-23(25)21-17-14-13-16-20(21)22(24)26-18-6-4-2/h20-21H,3-19H2,1-2H3. The molecule has 0 aliphatic heterocycles. The maximum atomic E-state index is 12.4. The average molecular weight is 383 g/mol. The van der Waals surface area contributed by atoms with E-state index in [2.05, 4.69) is 13.8 Å². The highest BCUT2D eigenvalue weighted by Gasteiger charge is 2.37. The van der Waals surface area contributed by atoms with Gasteiger partial charge in [-0.2, -0.15) is 0 Å². The van der Waals surface area contributed by atoms with Crippen molar-refractivity contribution in [3.05, 3.63) is 0 Å². The van der Waals surface area contributed by atoms with E-state index in [1.807, 2.05) is 0 Å². The van der Waals surface area contributed by atoms with Gasteiger partial charge in [-0.05, 0) is 25.7 Å². The van der Waals surface area contributed by atoms with Crippen molar-refractivity contribution in [3.63, 3.8) is 0 Å². The van der Waals surface area contributed by atoms with E-state index in [0.29, 0.717) is 13.2 Å². The van der Waals surface area contributed by atoms with Crippen LogP contribution in [0.25, 0.3) is 0 Å². The lowest BCUT2D eigenvalue weighted by atomic mass is 9.79. The molecule has 4 nitrogen and oxygen atoms in total. The van der Waals surface area contributed by atoms with Gasteiger partial charge in [0.25, 0.3) is 0 Å². The highest BCUT2D eigenvalue weighted by molar-refractivity contribution is 5.82. The monoisotopic (exact) mass is 382 g/mol. The minimum atomic E-state index is -0.300. The predicted molar refractivity (Wildman–Crippen MR) is 110 cm³/mol. The second-order valence-corrected chi connectivity index (χ2v) is 8.01. The topological polar surface area (TPSA) is 52.6 Å². The van der Waals surface area contributed by atoms with Gasteiger partial charge in [-0.15, -0.1) is 0 Å². The molecular weight excluding hydrogens is 340 g/mol. The summed E-state index contributed by atoms with van der Waals surface area (Å²) < 4.78 is 10.9. The Balaban J connectivity index is 2.16. The molecule has 0 spiro atoms. The van der Waals surface area contributed by atoms with Gasteiger partial charge in [0.05, 0.1) is 25.0 Å². The van der Waals surface area contributed by atoms with Gasteiger partial charge in [0, 0.05) is 0 Å². The Morgan fingerprint density at radius 1 is 0.630 bits per heavy atom. The first-order valence-electron chi connectivity index (χ1n) is 11.5. The Morgan fingerprint density at radius 3 is 1.52 bits per heavy atom. The summed E-state index contributed by atoms with van der Waals surface area (Å²) in [4.78, 5) is 24.7. The number of hydrogen-bond donors (Lipinski definition) is 0. The maximum absolute atomic E-state index is 12.4. The summed E-state index contributed by atoms with van der Waals surface area (Å²) in [6.45, 7) is 5.27. The highest BCUT2D eigenvalue weighted by atomic mass is 16.5. The van der Waals surface area contributed by atoms with Crippen LogP contribution in [0.5, 0.6) is 0 Å². The number of hydrogen-bond acceptors (Lipinski definition) is 4. The fourth-order valence-electron chi connectivity index (χ4n) is 3.81. The summed E-state index contributed by atoms with van der Waals surface area (Å²) in [6, 6.07) is 0. The van der Waals surface area contributed by atoms with Gasteiger partial charge in [0.2, 0.25) is 0 Å². The van der Waals surface area contributed by atoms with Gasteiger partial charge in [-0.3, -0.25) is 9.59 Å². The first-order valence-corrected chi connectivity index (χ1v) is 11.5. The summed E-state index contributed by atoms with van der Waals surface area (Å²) in [5.74, 6) is -0.988. The molecule has 1 fully saturated rings. The number of unbranched alkanes of at least 4 members (excludes halogenated alkanes) is 9. The number of carbonyl (C=O) groups excluding carboxylic acids is 2. The molecule has 0 heterocycles. The van der Waals surface area contributed by atoms with Crippen molar-refractivity contribution >= 4 is 11.9 Å². The largest absolute Gasteiger partial charge is 0.465 e. The normalized spacial score (nSPS) is 19.6. The van der Waals surface area contributed by atoms with E-state index in [1.54, 1.807) is 0 Å². The molecule has 2 atom stereocenters. The number of ether oxygens (including phenoxy) is 2. The van der Waals surface area contributed by atoms with Gasteiger partial charge >= 0.3 is 11.9 Å². The molecule has 1 rings (SSSR count). The Morgan fingerprint density at radius 2 is 1.04 bits per heavy atom. The zero-order chi connectivity index (χ0) is 19.7. The third-order valence-electron chi connectivity index (χ3n) is 5.61. The summed E-state index contributed by atoms with van der Waals surface area (Å²) in [5.41, 5.74) is 0. The van der Waals surface area contributed by atoms with Crippen LogP contribution in [0.4, 0.5) is 0 Å².